The molecule has 0 aromatic carbocycles. The zero-order valence-electron chi connectivity index (χ0n) is 9.04. The van der Waals surface area contributed by atoms with Crippen molar-refractivity contribution >= 4 is 23.4 Å². The summed E-state index contributed by atoms with van der Waals surface area (Å²) in [5.74, 6) is -0.786. The van der Waals surface area contributed by atoms with Crippen molar-refractivity contribution in [2.24, 2.45) is 0 Å². The number of nitrogens with zero attached hydrogens (tertiary/aromatic N) is 1. The number of nitrogens with two attached hydrogens (primary N) is 1. The first-order chi connectivity index (χ1) is 7.99. The van der Waals surface area contributed by atoms with Gasteiger partial charge >= 0.3 is 5.97 Å². The third-order valence-electron chi connectivity index (χ3n) is 2.17. The maximum Gasteiger partial charge on any atom is 0.310 e. The monoisotopic (exact) mass is 264 g/mol. The lowest BCUT2D eigenvalue weighted by molar-refractivity contribution is -0.139. The van der Waals surface area contributed by atoms with Gasteiger partial charge in [0.2, 0.25) is 0 Å². The number of rotatable bonds is 4. The average Bonchev–Trinajstić information content (AvgIpc) is 2.30. The number of alkyl halides is 3. The van der Waals surface area contributed by atoms with E-state index < -0.39 is 12.4 Å². The van der Waals surface area contributed by atoms with Crippen LogP contribution in [0.15, 0.2) is 6.07 Å². The Balaban J connectivity index is 3.26. The third kappa shape index (κ3) is 3.26. The van der Waals surface area contributed by atoms with Gasteiger partial charge in [0, 0.05) is 5.56 Å². The summed E-state index contributed by atoms with van der Waals surface area (Å²) in [5.41, 5.74) is 5.30. The summed E-state index contributed by atoms with van der Waals surface area (Å²) in [7, 11) is 1.18. The lowest BCUT2D eigenvalue weighted by atomic mass is 10.0. The summed E-state index contributed by atoms with van der Waals surface area (Å²) in [5, 5.41) is 0. The van der Waals surface area contributed by atoms with Crippen molar-refractivity contribution in [1.82, 2.24) is 4.98 Å². The highest BCUT2D eigenvalue weighted by molar-refractivity contribution is 6.17. The van der Waals surface area contributed by atoms with Crippen molar-refractivity contribution in [2.75, 3.05) is 12.8 Å². The number of anilines is 1. The van der Waals surface area contributed by atoms with E-state index >= 15 is 0 Å². The Kier molecular flexibility index (Phi) is 4.62. The zero-order valence-corrected chi connectivity index (χ0v) is 9.80. The van der Waals surface area contributed by atoms with Crippen molar-refractivity contribution in [1.29, 1.82) is 0 Å². The first-order valence-electron chi connectivity index (χ1n) is 4.68. The smallest absolute Gasteiger partial charge is 0.310 e. The molecule has 4 nitrogen and oxygen atoms in total. The van der Waals surface area contributed by atoms with Crippen LogP contribution in [0.1, 0.15) is 23.2 Å². The van der Waals surface area contributed by atoms with Crippen LogP contribution >= 0.6 is 11.6 Å². The predicted octanol–water partition coefficient (Wildman–Crippen LogP) is 2.06. The van der Waals surface area contributed by atoms with Gasteiger partial charge in [-0.2, -0.15) is 0 Å². The SMILES string of the molecule is COC(=O)Cc1c(C(F)F)cc(N)nc1CCl. The second kappa shape index (κ2) is 5.77. The van der Waals surface area contributed by atoms with Gasteiger partial charge in [0.25, 0.3) is 6.43 Å². The molecule has 1 rings (SSSR count). The van der Waals surface area contributed by atoms with E-state index in [0.717, 1.165) is 6.07 Å². The Morgan fingerprint density at radius 2 is 2.29 bits per heavy atom. The molecular weight excluding hydrogens is 254 g/mol. The normalized spacial score (nSPS) is 10.6. The van der Waals surface area contributed by atoms with Crippen LogP contribution in [0.4, 0.5) is 14.6 Å². The number of esters is 1. The van der Waals surface area contributed by atoms with Gasteiger partial charge in [-0.3, -0.25) is 4.79 Å². The van der Waals surface area contributed by atoms with E-state index in [1.807, 2.05) is 0 Å². The number of methoxy groups -OCH3 is 1. The molecule has 1 aromatic heterocycles. The highest BCUT2D eigenvalue weighted by Gasteiger charge is 2.20. The van der Waals surface area contributed by atoms with Gasteiger partial charge in [-0.1, -0.05) is 0 Å². The van der Waals surface area contributed by atoms with Crippen LogP contribution in [-0.2, 0) is 21.8 Å². The number of halogens is 3. The van der Waals surface area contributed by atoms with Crippen LogP contribution in [0.25, 0.3) is 0 Å². The highest BCUT2D eigenvalue weighted by Crippen LogP contribution is 2.27. The number of hydrogen-bond acceptors (Lipinski definition) is 4. The molecule has 0 aliphatic rings. The summed E-state index contributed by atoms with van der Waals surface area (Å²) < 4.78 is 30.0. The molecule has 0 atom stereocenters. The van der Waals surface area contributed by atoms with Crippen LogP contribution in [0.2, 0.25) is 0 Å². The molecule has 7 heteroatoms. The Morgan fingerprint density at radius 1 is 1.65 bits per heavy atom. The van der Waals surface area contributed by atoms with E-state index in [1.165, 1.54) is 7.11 Å². The average molecular weight is 265 g/mol. The van der Waals surface area contributed by atoms with E-state index in [0.29, 0.717) is 0 Å². The molecule has 0 fully saturated rings. The van der Waals surface area contributed by atoms with Gasteiger partial charge in [-0.25, -0.2) is 13.8 Å². The number of pyridine rings is 1. The lowest BCUT2D eigenvalue weighted by Gasteiger charge is -2.12. The second-order valence-corrected chi connectivity index (χ2v) is 3.52. The van der Waals surface area contributed by atoms with Crippen molar-refractivity contribution in [2.45, 2.75) is 18.7 Å². The predicted molar refractivity (Wildman–Crippen MR) is 58.9 cm³/mol. The highest BCUT2D eigenvalue weighted by atomic mass is 35.5. The Morgan fingerprint density at radius 3 is 2.76 bits per heavy atom. The molecule has 0 saturated carbocycles. The quantitative estimate of drug-likeness (QED) is 0.668. The molecule has 0 bridgehead atoms. The van der Waals surface area contributed by atoms with Gasteiger partial charge in [0.15, 0.2) is 0 Å². The number of carbonyl (C=O) groups is 1. The number of aromatic nitrogens is 1. The maximum absolute atomic E-state index is 12.8. The maximum atomic E-state index is 12.8. The molecule has 1 aromatic rings. The summed E-state index contributed by atoms with van der Waals surface area (Å²) in [6.07, 6.45) is -3.05. The Bertz CT molecular complexity index is 427. The molecule has 94 valence electrons. The van der Waals surface area contributed by atoms with E-state index in [2.05, 4.69) is 9.72 Å². The van der Waals surface area contributed by atoms with Gasteiger partial charge in [-0.15, -0.1) is 11.6 Å². The first-order valence-corrected chi connectivity index (χ1v) is 5.22. The van der Waals surface area contributed by atoms with Crippen LogP contribution < -0.4 is 5.73 Å². The standard InChI is InChI=1S/C10H11ClF2N2O2/c1-17-9(16)3-5-6(10(12)13)2-8(14)15-7(5)4-11/h2,10H,3-4H2,1H3,(H2,14,15). The first kappa shape index (κ1) is 13.6. The number of nitrogen functional groups attached to an aromatic ring is 1. The molecular formula is C10H11ClF2N2O2. The van der Waals surface area contributed by atoms with E-state index in [1.54, 1.807) is 0 Å². The van der Waals surface area contributed by atoms with Crippen LogP contribution in [0.3, 0.4) is 0 Å². The topological polar surface area (TPSA) is 65.2 Å². The Hall–Kier alpha value is -1.43. The summed E-state index contributed by atoms with van der Waals surface area (Å²) in [4.78, 5) is 15.0. The molecule has 0 radical (unpaired) electrons. The molecule has 0 aliphatic carbocycles. The summed E-state index contributed by atoms with van der Waals surface area (Å²) >= 11 is 5.59. The molecule has 1 heterocycles. The van der Waals surface area contributed by atoms with Gasteiger partial charge in [0.1, 0.15) is 5.82 Å². The molecule has 0 saturated heterocycles. The largest absolute Gasteiger partial charge is 0.469 e. The van der Waals surface area contributed by atoms with Gasteiger partial charge in [0.05, 0.1) is 25.1 Å². The molecule has 0 unspecified atom stereocenters. The molecule has 17 heavy (non-hydrogen) atoms. The van der Waals surface area contributed by atoms with Gasteiger partial charge < -0.3 is 10.5 Å². The fourth-order valence-electron chi connectivity index (χ4n) is 1.39. The number of carbonyl (C=O) groups excluding carboxylic acids is 1. The third-order valence-corrected chi connectivity index (χ3v) is 2.43. The minimum Gasteiger partial charge on any atom is -0.469 e. The number of ether oxygens (including phenoxy) is 1. The van der Waals surface area contributed by atoms with Gasteiger partial charge in [-0.05, 0) is 11.6 Å². The molecule has 0 amide bonds. The minimum atomic E-state index is -2.75. The number of hydrogen-bond donors (Lipinski definition) is 1. The minimum absolute atomic E-state index is 0.0513. The van der Waals surface area contributed by atoms with Crippen molar-refractivity contribution < 1.29 is 18.3 Å². The summed E-state index contributed by atoms with van der Waals surface area (Å²) in [6, 6.07) is 1.04. The molecule has 0 aliphatic heterocycles. The second-order valence-electron chi connectivity index (χ2n) is 3.25. The van der Waals surface area contributed by atoms with Crippen LogP contribution in [0.5, 0.6) is 0 Å². The van der Waals surface area contributed by atoms with E-state index in [4.69, 9.17) is 17.3 Å². The van der Waals surface area contributed by atoms with Crippen LogP contribution in [-0.4, -0.2) is 18.1 Å². The fraction of sp³-hybridized carbons (Fsp3) is 0.400. The Labute approximate surface area is 102 Å². The van der Waals surface area contributed by atoms with Crippen LogP contribution in [0, 0.1) is 0 Å². The molecule has 2 N–H and O–H groups in total. The lowest BCUT2D eigenvalue weighted by Crippen LogP contribution is -2.12. The van der Waals surface area contributed by atoms with E-state index in [9.17, 15) is 13.6 Å². The van der Waals surface area contributed by atoms with Crippen molar-refractivity contribution in [3.63, 3.8) is 0 Å². The van der Waals surface area contributed by atoms with Crippen molar-refractivity contribution in [3.05, 3.63) is 22.9 Å². The molecule has 0 spiro atoms. The summed E-state index contributed by atoms with van der Waals surface area (Å²) in [6.45, 7) is 0. The van der Waals surface area contributed by atoms with E-state index in [-0.39, 0.29) is 34.9 Å². The fourth-order valence-corrected chi connectivity index (χ4v) is 1.62. The van der Waals surface area contributed by atoms with Crippen molar-refractivity contribution in [3.8, 4) is 0 Å². The zero-order chi connectivity index (χ0) is 13.0.